The second kappa shape index (κ2) is 7.17. The van der Waals surface area contributed by atoms with Crippen molar-refractivity contribution in [2.45, 2.75) is 0 Å². The SMILES string of the molecule is C(=C\COc1ccccc1)/COc1ccccc1. The number of ether oxygens (including phenoxy) is 2. The molecule has 0 saturated carbocycles. The number of rotatable bonds is 6. The van der Waals surface area contributed by atoms with Crippen LogP contribution in [0.3, 0.4) is 0 Å². The molecule has 0 aliphatic rings. The molecule has 0 saturated heterocycles. The zero-order chi connectivity index (χ0) is 12.5. The van der Waals surface area contributed by atoms with Crippen LogP contribution in [0.5, 0.6) is 11.5 Å². The maximum Gasteiger partial charge on any atom is 0.119 e. The largest absolute Gasteiger partial charge is 0.490 e. The van der Waals surface area contributed by atoms with E-state index in [0.29, 0.717) is 13.2 Å². The highest BCUT2D eigenvalue weighted by molar-refractivity contribution is 5.22. The van der Waals surface area contributed by atoms with Crippen LogP contribution in [0.25, 0.3) is 0 Å². The van der Waals surface area contributed by atoms with E-state index >= 15 is 0 Å². The van der Waals surface area contributed by atoms with Crippen molar-refractivity contribution in [1.82, 2.24) is 0 Å². The van der Waals surface area contributed by atoms with Gasteiger partial charge in [-0.2, -0.15) is 0 Å². The van der Waals surface area contributed by atoms with Crippen LogP contribution < -0.4 is 9.47 Å². The molecule has 0 heterocycles. The summed E-state index contributed by atoms with van der Waals surface area (Å²) in [5.74, 6) is 1.76. The van der Waals surface area contributed by atoms with Gasteiger partial charge in [-0.15, -0.1) is 0 Å². The minimum Gasteiger partial charge on any atom is -0.490 e. The van der Waals surface area contributed by atoms with Gasteiger partial charge in [0.15, 0.2) is 0 Å². The van der Waals surface area contributed by atoms with Crippen LogP contribution in [-0.4, -0.2) is 13.2 Å². The summed E-state index contributed by atoms with van der Waals surface area (Å²) in [6, 6.07) is 19.5. The van der Waals surface area contributed by atoms with E-state index in [1.165, 1.54) is 0 Å². The zero-order valence-corrected chi connectivity index (χ0v) is 10.2. The van der Waals surface area contributed by atoms with Crippen molar-refractivity contribution in [3.63, 3.8) is 0 Å². The fourth-order valence-electron chi connectivity index (χ4n) is 1.46. The summed E-state index contributed by atoms with van der Waals surface area (Å²) < 4.78 is 11.0. The van der Waals surface area contributed by atoms with E-state index in [2.05, 4.69) is 0 Å². The van der Waals surface area contributed by atoms with Crippen molar-refractivity contribution < 1.29 is 9.47 Å². The van der Waals surface area contributed by atoms with Crippen molar-refractivity contribution in [2.75, 3.05) is 13.2 Å². The maximum atomic E-state index is 5.52. The summed E-state index contributed by atoms with van der Waals surface area (Å²) in [5, 5.41) is 0. The summed E-state index contributed by atoms with van der Waals surface area (Å²) >= 11 is 0. The highest BCUT2D eigenvalue weighted by Crippen LogP contribution is 2.09. The normalized spacial score (nSPS) is 10.4. The summed E-state index contributed by atoms with van der Waals surface area (Å²) in [6.45, 7) is 1.12. The molecule has 0 aliphatic carbocycles. The monoisotopic (exact) mass is 240 g/mol. The first kappa shape index (κ1) is 12.2. The zero-order valence-electron chi connectivity index (χ0n) is 10.2. The third-order valence-electron chi connectivity index (χ3n) is 2.35. The third-order valence-corrected chi connectivity index (χ3v) is 2.35. The first-order chi connectivity index (χ1) is 8.95. The first-order valence-corrected chi connectivity index (χ1v) is 5.96. The summed E-state index contributed by atoms with van der Waals surface area (Å²) in [6.07, 6.45) is 3.91. The molecule has 0 N–H and O–H groups in total. The lowest BCUT2D eigenvalue weighted by Gasteiger charge is -2.03. The van der Waals surface area contributed by atoms with Gasteiger partial charge in [-0.3, -0.25) is 0 Å². The predicted molar refractivity (Wildman–Crippen MR) is 73.0 cm³/mol. The molecule has 0 radical (unpaired) electrons. The van der Waals surface area contributed by atoms with E-state index in [1.807, 2.05) is 72.8 Å². The van der Waals surface area contributed by atoms with Gasteiger partial charge < -0.3 is 9.47 Å². The number of hydrogen-bond donors (Lipinski definition) is 0. The molecule has 2 heteroatoms. The van der Waals surface area contributed by atoms with E-state index in [4.69, 9.17) is 9.47 Å². The Kier molecular flexibility index (Phi) is 4.88. The molecule has 2 aromatic carbocycles. The topological polar surface area (TPSA) is 18.5 Å². The van der Waals surface area contributed by atoms with Crippen molar-refractivity contribution in [3.05, 3.63) is 72.8 Å². The number of para-hydroxylation sites is 2. The summed E-state index contributed by atoms with van der Waals surface area (Å²) in [7, 11) is 0. The average molecular weight is 240 g/mol. The Bertz CT molecular complexity index is 417. The van der Waals surface area contributed by atoms with E-state index in [-0.39, 0.29) is 0 Å². The Balaban J connectivity index is 1.64. The van der Waals surface area contributed by atoms with Gasteiger partial charge in [0, 0.05) is 0 Å². The van der Waals surface area contributed by atoms with Gasteiger partial charge in [0.25, 0.3) is 0 Å². The molecule has 0 aromatic heterocycles. The van der Waals surface area contributed by atoms with E-state index in [9.17, 15) is 0 Å². The Morgan fingerprint density at radius 1 is 0.611 bits per heavy atom. The van der Waals surface area contributed by atoms with Gasteiger partial charge >= 0.3 is 0 Å². The lowest BCUT2D eigenvalue weighted by Crippen LogP contribution is -1.96. The van der Waals surface area contributed by atoms with Gasteiger partial charge in [0.05, 0.1) is 0 Å². The average Bonchev–Trinajstić information content (AvgIpc) is 2.45. The molecule has 0 amide bonds. The quantitative estimate of drug-likeness (QED) is 0.717. The minimum absolute atomic E-state index is 0.558. The van der Waals surface area contributed by atoms with E-state index in [1.54, 1.807) is 0 Å². The highest BCUT2D eigenvalue weighted by atomic mass is 16.5. The molecular formula is C16H16O2. The van der Waals surface area contributed by atoms with Gasteiger partial charge in [-0.25, -0.2) is 0 Å². The minimum atomic E-state index is 0.558. The third kappa shape index (κ3) is 4.34. The second-order valence-corrected chi connectivity index (χ2v) is 3.72. The van der Waals surface area contributed by atoms with Crippen molar-refractivity contribution in [3.8, 4) is 11.5 Å². The molecule has 0 atom stereocenters. The molecule has 0 unspecified atom stereocenters. The lowest BCUT2D eigenvalue weighted by atomic mass is 10.3. The number of hydrogen-bond acceptors (Lipinski definition) is 2. The van der Waals surface area contributed by atoms with Gasteiger partial charge in [-0.05, 0) is 36.4 Å². The Morgan fingerprint density at radius 3 is 1.39 bits per heavy atom. The first-order valence-electron chi connectivity index (χ1n) is 5.96. The molecule has 92 valence electrons. The molecule has 2 aromatic rings. The Hall–Kier alpha value is -2.22. The molecule has 18 heavy (non-hydrogen) atoms. The van der Waals surface area contributed by atoms with Gasteiger partial charge in [-0.1, -0.05) is 36.4 Å². The van der Waals surface area contributed by atoms with Crippen LogP contribution in [0.2, 0.25) is 0 Å². The van der Waals surface area contributed by atoms with Crippen LogP contribution in [0.15, 0.2) is 72.8 Å². The second-order valence-electron chi connectivity index (χ2n) is 3.72. The fraction of sp³-hybridized carbons (Fsp3) is 0.125. The van der Waals surface area contributed by atoms with E-state index in [0.717, 1.165) is 11.5 Å². The predicted octanol–water partition coefficient (Wildman–Crippen LogP) is 3.70. The highest BCUT2D eigenvalue weighted by Gasteiger charge is 1.89. The van der Waals surface area contributed by atoms with Crippen molar-refractivity contribution in [1.29, 1.82) is 0 Å². The summed E-state index contributed by atoms with van der Waals surface area (Å²) in [5.41, 5.74) is 0. The van der Waals surface area contributed by atoms with Gasteiger partial charge in [0.2, 0.25) is 0 Å². The number of benzene rings is 2. The van der Waals surface area contributed by atoms with Crippen molar-refractivity contribution in [2.24, 2.45) is 0 Å². The van der Waals surface area contributed by atoms with Crippen LogP contribution >= 0.6 is 0 Å². The molecule has 0 aliphatic heterocycles. The smallest absolute Gasteiger partial charge is 0.119 e. The lowest BCUT2D eigenvalue weighted by molar-refractivity contribution is 0.350. The van der Waals surface area contributed by atoms with E-state index < -0.39 is 0 Å². The Labute approximate surface area is 107 Å². The molecule has 0 bridgehead atoms. The molecule has 2 nitrogen and oxygen atoms in total. The van der Waals surface area contributed by atoms with Crippen LogP contribution in [0, 0.1) is 0 Å². The molecule has 2 rings (SSSR count). The molecule has 0 fully saturated rings. The van der Waals surface area contributed by atoms with Gasteiger partial charge in [0.1, 0.15) is 24.7 Å². The molecule has 0 spiro atoms. The van der Waals surface area contributed by atoms with Crippen molar-refractivity contribution >= 4 is 0 Å². The van der Waals surface area contributed by atoms with Crippen LogP contribution in [-0.2, 0) is 0 Å². The maximum absolute atomic E-state index is 5.52. The standard InChI is InChI=1S/C16H16O2/c1-3-9-15(10-4-1)17-13-7-8-14-18-16-11-5-2-6-12-16/h1-12H,13-14H2/b8-7+. The Morgan fingerprint density at radius 2 is 1.00 bits per heavy atom. The fourth-order valence-corrected chi connectivity index (χ4v) is 1.46. The molecular weight excluding hydrogens is 224 g/mol. The van der Waals surface area contributed by atoms with Crippen LogP contribution in [0.1, 0.15) is 0 Å². The van der Waals surface area contributed by atoms with Crippen LogP contribution in [0.4, 0.5) is 0 Å². The summed E-state index contributed by atoms with van der Waals surface area (Å²) in [4.78, 5) is 0.